The van der Waals surface area contributed by atoms with Crippen LogP contribution in [0, 0.1) is 0 Å². The summed E-state index contributed by atoms with van der Waals surface area (Å²) in [4.78, 5) is 39.5. The van der Waals surface area contributed by atoms with Gasteiger partial charge in [0, 0.05) is 31.4 Å². The van der Waals surface area contributed by atoms with Crippen molar-refractivity contribution in [2.75, 3.05) is 26.7 Å². The summed E-state index contributed by atoms with van der Waals surface area (Å²) >= 11 is 0. The van der Waals surface area contributed by atoms with Gasteiger partial charge in [0.25, 0.3) is 0 Å². The number of nitrogens with zero attached hydrogens (tertiary/aromatic N) is 1. The van der Waals surface area contributed by atoms with Gasteiger partial charge >= 0.3 is 18.1 Å². The van der Waals surface area contributed by atoms with Crippen molar-refractivity contribution in [2.45, 2.75) is 64.6 Å². The van der Waals surface area contributed by atoms with Crippen LogP contribution in [0.4, 0.5) is 9.59 Å². The lowest BCUT2D eigenvalue weighted by Crippen LogP contribution is -2.50. The Bertz CT molecular complexity index is 928. The number of ether oxygens (including phenoxy) is 2. The minimum atomic E-state index is -0.589. The van der Waals surface area contributed by atoms with Gasteiger partial charge in [-0.05, 0) is 51.2 Å². The average molecular weight is 473 g/mol. The first kappa shape index (κ1) is 25.6. The van der Waals surface area contributed by atoms with E-state index in [0.29, 0.717) is 30.9 Å². The molecule has 9 nitrogen and oxygen atoms in total. The number of hydrogen-bond acceptors (Lipinski definition) is 6. The monoisotopic (exact) mass is 472 g/mol. The maximum absolute atomic E-state index is 12.8. The number of nitrogens with one attached hydrogen (secondary N) is 3. The highest BCUT2D eigenvalue weighted by Crippen LogP contribution is 2.29. The minimum Gasteiger partial charge on any atom is -0.466 e. The molecule has 3 amide bonds. The summed E-state index contributed by atoms with van der Waals surface area (Å²) in [7, 11) is 1.34. The third kappa shape index (κ3) is 6.72. The number of alkyl carbamates (subject to hydrolysis) is 1. The molecule has 34 heavy (non-hydrogen) atoms. The predicted octanol–water partition coefficient (Wildman–Crippen LogP) is 3.02. The van der Waals surface area contributed by atoms with Gasteiger partial charge in [-0.3, -0.25) is 4.90 Å². The lowest BCUT2D eigenvalue weighted by atomic mass is 9.93. The molecule has 1 atom stereocenters. The zero-order valence-corrected chi connectivity index (χ0v) is 20.7. The number of aryl methyl sites for hydroxylation is 1. The van der Waals surface area contributed by atoms with Crippen LogP contribution >= 0.6 is 0 Å². The molecule has 1 aromatic rings. The molecule has 3 rings (SSSR count). The predicted molar refractivity (Wildman–Crippen MR) is 128 cm³/mol. The summed E-state index contributed by atoms with van der Waals surface area (Å²) in [5, 5.41) is 8.61. The van der Waals surface area contributed by atoms with Crippen LogP contribution in [0.3, 0.4) is 0 Å². The largest absolute Gasteiger partial charge is 0.466 e. The number of rotatable bonds is 6. The molecule has 0 radical (unpaired) electrons. The van der Waals surface area contributed by atoms with Crippen molar-refractivity contribution in [1.29, 1.82) is 0 Å². The first-order valence-electron chi connectivity index (χ1n) is 11.8. The summed E-state index contributed by atoms with van der Waals surface area (Å²) in [6.07, 6.45) is 1.98. The first-order chi connectivity index (χ1) is 16.1. The van der Waals surface area contributed by atoms with Crippen LogP contribution in [0.25, 0.3) is 0 Å². The van der Waals surface area contributed by atoms with Crippen molar-refractivity contribution in [2.24, 2.45) is 0 Å². The maximum Gasteiger partial charge on any atom is 0.407 e. The first-order valence-corrected chi connectivity index (χ1v) is 11.8. The van der Waals surface area contributed by atoms with Gasteiger partial charge in [0.2, 0.25) is 0 Å². The number of carbonyl (C=O) groups is 3. The Balaban J connectivity index is 1.72. The van der Waals surface area contributed by atoms with Crippen LogP contribution in [0.1, 0.15) is 57.7 Å². The van der Waals surface area contributed by atoms with Crippen LogP contribution in [-0.4, -0.2) is 61.4 Å². The van der Waals surface area contributed by atoms with Gasteiger partial charge in [0.15, 0.2) is 0 Å². The SMILES string of the molecule is CCc1ccc([C@H]2NC(=O)NC(CN3CCC(NC(=O)OC(C)(C)C)CC3)=C2C(=O)OC)cc1. The Labute approximate surface area is 201 Å². The Kier molecular flexibility index (Phi) is 8.19. The fourth-order valence-corrected chi connectivity index (χ4v) is 4.22. The molecule has 1 fully saturated rings. The van der Waals surface area contributed by atoms with Crippen LogP contribution in [0.5, 0.6) is 0 Å². The number of likely N-dealkylation sites (tertiary alicyclic amines) is 1. The smallest absolute Gasteiger partial charge is 0.407 e. The highest BCUT2D eigenvalue weighted by molar-refractivity contribution is 5.95. The topological polar surface area (TPSA) is 109 Å². The molecule has 0 aromatic heterocycles. The summed E-state index contributed by atoms with van der Waals surface area (Å²) in [6.45, 7) is 9.39. The van der Waals surface area contributed by atoms with E-state index in [-0.39, 0.29) is 12.1 Å². The molecule has 3 N–H and O–H groups in total. The van der Waals surface area contributed by atoms with Crippen molar-refractivity contribution in [3.63, 3.8) is 0 Å². The van der Waals surface area contributed by atoms with E-state index in [1.165, 1.54) is 12.7 Å². The highest BCUT2D eigenvalue weighted by atomic mass is 16.6. The zero-order chi connectivity index (χ0) is 24.9. The molecular formula is C25H36N4O5. The van der Waals surface area contributed by atoms with Crippen molar-refractivity contribution in [1.82, 2.24) is 20.9 Å². The zero-order valence-electron chi connectivity index (χ0n) is 20.7. The van der Waals surface area contributed by atoms with Crippen LogP contribution in [0.15, 0.2) is 35.5 Å². The van der Waals surface area contributed by atoms with Crippen molar-refractivity contribution >= 4 is 18.1 Å². The normalized spacial score (nSPS) is 19.8. The number of benzene rings is 1. The number of hydrogen-bond donors (Lipinski definition) is 3. The van der Waals surface area contributed by atoms with Gasteiger partial charge in [0.1, 0.15) is 5.60 Å². The molecule has 0 spiro atoms. The molecule has 186 valence electrons. The summed E-state index contributed by atoms with van der Waals surface area (Å²) in [5.41, 5.74) is 2.40. The second-order valence-corrected chi connectivity index (χ2v) is 9.71. The number of esters is 1. The third-order valence-corrected chi connectivity index (χ3v) is 5.97. The summed E-state index contributed by atoms with van der Waals surface area (Å²) in [6, 6.07) is 6.95. The Hall–Kier alpha value is -3.07. The maximum atomic E-state index is 12.8. The van der Waals surface area contributed by atoms with Gasteiger partial charge in [-0.1, -0.05) is 31.2 Å². The van der Waals surface area contributed by atoms with Crippen LogP contribution in [0.2, 0.25) is 0 Å². The van der Waals surface area contributed by atoms with Gasteiger partial charge in [-0.2, -0.15) is 0 Å². The number of piperidine rings is 1. The van der Waals surface area contributed by atoms with Gasteiger partial charge in [-0.25, -0.2) is 14.4 Å². The van der Waals surface area contributed by atoms with E-state index < -0.39 is 23.7 Å². The Morgan fingerprint density at radius 2 is 1.79 bits per heavy atom. The lowest BCUT2D eigenvalue weighted by Gasteiger charge is -2.35. The molecular weight excluding hydrogens is 436 g/mol. The van der Waals surface area contributed by atoms with E-state index in [9.17, 15) is 14.4 Å². The average Bonchev–Trinajstić information content (AvgIpc) is 2.78. The third-order valence-electron chi connectivity index (χ3n) is 5.97. The van der Waals surface area contributed by atoms with Gasteiger partial charge in [-0.15, -0.1) is 0 Å². The van der Waals surface area contributed by atoms with E-state index in [1.807, 2.05) is 45.0 Å². The summed E-state index contributed by atoms with van der Waals surface area (Å²) in [5.74, 6) is -0.478. The van der Waals surface area contributed by atoms with E-state index in [1.54, 1.807) is 0 Å². The van der Waals surface area contributed by atoms with E-state index in [0.717, 1.165) is 24.8 Å². The molecule has 1 aromatic carbocycles. The number of methoxy groups -OCH3 is 1. The quantitative estimate of drug-likeness (QED) is 0.549. The molecule has 2 aliphatic rings. The standard InChI is InChI=1S/C25H36N4O5/c1-6-16-7-9-17(10-8-16)21-20(22(30)33-5)19(27-23(31)28-21)15-29-13-11-18(12-14-29)26-24(32)34-25(2,3)4/h7-10,18,21H,6,11-15H2,1-5H3,(H,26,32)(H2,27,28,31)/t21-/m1/s1. The molecule has 0 unspecified atom stereocenters. The number of urea groups is 1. The second-order valence-electron chi connectivity index (χ2n) is 9.71. The molecule has 0 aliphatic carbocycles. The highest BCUT2D eigenvalue weighted by Gasteiger charge is 2.34. The fourth-order valence-electron chi connectivity index (χ4n) is 4.22. The Morgan fingerprint density at radius 1 is 1.15 bits per heavy atom. The van der Waals surface area contributed by atoms with Crippen LogP contribution < -0.4 is 16.0 Å². The number of amides is 3. The Morgan fingerprint density at radius 3 is 2.35 bits per heavy atom. The molecule has 2 heterocycles. The van der Waals surface area contributed by atoms with Crippen molar-refractivity contribution < 1.29 is 23.9 Å². The van der Waals surface area contributed by atoms with Gasteiger partial charge < -0.3 is 25.4 Å². The molecule has 0 bridgehead atoms. The molecule has 2 aliphatic heterocycles. The van der Waals surface area contributed by atoms with Crippen LogP contribution in [-0.2, 0) is 20.7 Å². The molecule has 1 saturated heterocycles. The van der Waals surface area contributed by atoms with E-state index >= 15 is 0 Å². The van der Waals surface area contributed by atoms with Crippen molar-refractivity contribution in [3.8, 4) is 0 Å². The van der Waals surface area contributed by atoms with E-state index in [4.69, 9.17) is 9.47 Å². The lowest BCUT2D eigenvalue weighted by molar-refractivity contribution is -0.136. The van der Waals surface area contributed by atoms with Crippen molar-refractivity contribution in [3.05, 3.63) is 46.7 Å². The molecule has 9 heteroatoms. The molecule has 0 saturated carbocycles. The van der Waals surface area contributed by atoms with E-state index in [2.05, 4.69) is 27.8 Å². The fraction of sp³-hybridized carbons (Fsp3) is 0.560. The minimum absolute atomic E-state index is 0.0209. The number of carbonyl (C=O) groups excluding carboxylic acids is 3. The summed E-state index contributed by atoms with van der Waals surface area (Å²) < 4.78 is 10.4. The second kappa shape index (κ2) is 10.9. The van der Waals surface area contributed by atoms with Gasteiger partial charge in [0.05, 0.1) is 18.7 Å².